The molecule has 0 aliphatic rings. The highest BCUT2D eigenvalue weighted by Crippen LogP contribution is 2.33. The summed E-state index contributed by atoms with van der Waals surface area (Å²) in [5.74, 6) is 2.27. The van der Waals surface area contributed by atoms with Crippen molar-refractivity contribution in [2.24, 2.45) is 0 Å². The molecule has 3 heteroatoms. The Balaban J connectivity index is 2.16. The molecule has 0 atom stereocenters. The first kappa shape index (κ1) is 13.3. The van der Waals surface area contributed by atoms with Crippen molar-refractivity contribution in [3.8, 4) is 17.2 Å². The molecule has 0 fully saturated rings. The van der Waals surface area contributed by atoms with Gasteiger partial charge in [0.05, 0.1) is 14.2 Å². The fraction of sp³-hybridized carbons (Fsp3) is 0.250. The van der Waals surface area contributed by atoms with Crippen LogP contribution in [0.2, 0.25) is 0 Å². The number of methoxy groups -OCH3 is 2. The molecule has 2 rings (SSSR count). The van der Waals surface area contributed by atoms with Gasteiger partial charge < -0.3 is 14.2 Å². The Morgan fingerprint density at radius 1 is 0.895 bits per heavy atom. The van der Waals surface area contributed by atoms with Gasteiger partial charge in [0.1, 0.15) is 23.9 Å². The van der Waals surface area contributed by atoms with Gasteiger partial charge in [-0.1, -0.05) is 30.3 Å². The fourth-order valence-corrected chi connectivity index (χ4v) is 1.89. The summed E-state index contributed by atoms with van der Waals surface area (Å²) in [6.45, 7) is 2.48. The van der Waals surface area contributed by atoms with Crippen LogP contribution in [0.1, 0.15) is 11.1 Å². The topological polar surface area (TPSA) is 27.7 Å². The lowest BCUT2D eigenvalue weighted by molar-refractivity contribution is 0.300. The lowest BCUT2D eigenvalue weighted by Crippen LogP contribution is -1.98. The van der Waals surface area contributed by atoms with Gasteiger partial charge in [-0.3, -0.25) is 0 Å². The summed E-state index contributed by atoms with van der Waals surface area (Å²) >= 11 is 0. The van der Waals surface area contributed by atoms with Crippen LogP contribution in [0.4, 0.5) is 0 Å². The molecule has 0 spiro atoms. The molecule has 0 unspecified atom stereocenters. The highest BCUT2D eigenvalue weighted by atomic mass is 16.5. The molecule has 2 aromatic rings. The maximum absolute atomic E-state index is 5.77. The molecule has 0 amide bonds. The Hall–Kier alpha value is -2.16. The van der Waals surface area contributed by atoms with Crippen LogP contribution in [0, 0.1) is 6.92 Å². The van der Waals surface area contributed by atoms with Crippen LogP contribution in [0.15, 0.2) is 42.5 Å². The van der Waals surface area contributed by atoms with Gasteiger partial charge in [-0.2, -0.15) is 0 Å². The Labute approximate surface area is 113 Å². The summed E-state index contributed by atoms with van der Waals surface area (Å²) in [6.07, 6.45) is 0. The van der Waals surface area contributed by atoms with Gasteiger partial charge in [-0.05, 0) is 12.5 Å². The van der Waals surface area contributed by atoms with E-state index in [-0.39, 0.29) is 0 Å². The molecule has 0 heterocycles. The molecule has 0 aromatic heterocycles. The maximum atomic E-state index is 5.77. The van der Waals surface area contributed by atoms with Crippen LogP contribution in [0.5, 0.6) is 17.2 Å². The minimum absolute atomic E-state index is 0.524. The molecular formula is C16H18O3. The van der Waals surface area contributed by atoms with Gasteiger partial charge in [0.2, 0.25) is 0 Å². The average Bonchev–Trinajstić information content (AvgIpc) is 2.47. The van der Waals surface area contributed by atoms with E-state index in [0.717, 1.165) is 28.4 Å². The summed E-state index contributed by atoms with van der Waals surface area (Å²) in [4.78, 5) is 0. The third-order valence-corrected chi connectivity index (χ3v) is 2.97. The van der Waals surface area contributed by atoms with E-state index < -0.39 is 0 Å². The standard InChI is InChI=1S/C16H18O3/c1-12-15(17-2)9-14(10-16(12)18-3)19-11-13-7-5-4-6-8-13/h4-10H,11H2,1-3H3. The van der Waals surface area contributed by atoms with Crippen molar-refractivity contribution in [3.05, 3.63) is 53.6 Å². The van der Waals surface area contributed by atoms with E-state index in [2.05, 4.69) is 0 Å². The Bertz CT molecular complexity index is 510. The first-order valence-electron chi connectivity index (χ1n) is 6.14. The highest BCUT2D eigenvalue weighted by molar-refractivity contribution is 5.49. The van der Waals surface area contributed by atoms with Crippen LogP contribution >= 0.6 is 0 Å². The largest absolute Gasteiger partial charge is 0.496 e. The van der Waals surface area contributed by atoms with Crippen molar-refractivity contribution < 1.29 is 14.2 Å². The van der Waals surface area contributed by atoms with Gasteiger partial charge in [-0.25, -0.2) is 0 Å². The predicted molar refractivity (Wildman–Crippen MR) is 75.1 cm³/mol. The zero-order valence-corrected chi connectivity index (χ0v) is 11.5. The quantitative estimate of drug-likeness (QED) is 0.820. The van der Waals surface area contributed by atoms with Crippen molar-refractivity contribution in [1.29, 1.82) is 0 Å². The maximum Gasteiger partial charge on any atom is 0.129 e. The van der Waals surface area contributed by atoms with Crippen LogP contribution in [-0.2, 0) is 6.61 Å². The van der Waals surface area contributed by atoms with Gasteiger partial charge in [0.25, 0.3) is 0 Å². The van der Waals surface area contributed by atoms with Gasteiger partial charge >= 0.3 is 0 Å². The Morgan fingerprint density at radius 3 is 2.00 bits per heavy atom. The average molecular weight is 258 g/mol. The molecule has 19 heavy (non-hydrogen) atoms. The molecule has 2 aromatic carbocycles. The second kappa shape index (κ2) is 6.14. The monoisotopic (exact) mass is 258 g/mol. The van der Waals surface area contributed by atoms with E-state index in [1.54, 1.807) is 14.2 Å². The van der Waals surface area contributed by atoms with Crippen molar-refractivity contribution in [3.63, 3.8) is 0 Å². The third-order valence-electron chi connectivity index (χ3n) is 2.97. The lowest BCUT2D eigenvalue weighted by atomic mass is 10.2. The second-order valence-electron chi connectivity index (χ2n) is 4.23. The normalized spacial score (nSPS) is 10.1. The lowest BCUT2D eigenvalue weighted by Gasteiger charge is -2.13. The second-order valence-corrected chi connectivity index (χ2v) is 4.23. The van der Waals surface area contributed by atoms with E-state index in [9.17, 15) is 0 Å². The summed E-state index contributed by atoms with van der Waals surface area (Å²) in [5.41, 5.74) is 2.10. The summed E-state index contributed by atoms with van der Waals surface area (Å²) in [6, 6.07) is 13.8. The highest BCUT2D eigenvalue weighted by Gasteiger charge is 2.09. The zero-order chi connectivity index (χ0) is 13.7. The van der Waals surface area contributed by atoms with Crippen molar-refractivity contribution in [2.45, 2.75) is 13.5 Å². The van der Waals surface area contributed by atoms with Crippen LogP contribution in [-0.4, -0.2) is 14.2 Å². The molecule has 0 N–H and O–H groups in total. The van der Waals surface area contributed by atoms with Gasteiger partial charge in [-0.15, -0.1) is 0 Å². The number of rotatable bonds is 5. The van der Waals surface area contributed by atoms with Crippen LogP contribution in [0.3, 0.4) is 0 Å². The molecule has 0 aliphatic heterocycles. The smallest absolute Gasteiger partial charge is 0.129 e. The van der Waals surface area contributed by atoms with E-state index >= 15 is 0 Å². The minimum Gasteiger partial charge on any atom is -0.496 e. The molecular weight excluding hydrogens is 240 g/mol. The minimum atomic E-state index is 0.524. The fourth-order valence-electron chi connectivity index (χ4n) is 1.89. The van der Waals surface area contributed by atoms with Crippen molar-refractivity contribution in [1.82, 2.24) is 0 Å². The summed E-state index contributed by atoms with van der Waals surface area (Å²) in [5, 5.41) is 0. The van der Waals surface area contributed by atoms with Gasteiger partial charge in [0.15, 0.2) is 0 Å². The Morgan fingerprint density at radius 2 is 1.47 bits per heavy atom. The molecule has 0 saturated carbocycles. The summed E-state index contributed by atoms with van der Waals surface area (Å²) < 4.78 is 16.4. The first-order valence-corrected chi connectivity index (χ1v) is 6.14. The number of benzene rings is 2. The van der Waals surface area contributed by atoms with E-state index in [1.807, 2.05) is 49.4 Å². The van der Waals surface area contributed by atoms with E-state index in [0.29, 0.717) is 6.61 Å². The first-order chi connectivity index (χ1) is 9.24. The zero-order valence-electron chi connectivity index (χ0n) is 11.5. The third kappa shape index (κ3) is 3.19. The van der Waals surface area contributed by atoms with E-state index in [4.69, 9.17) is 14.2 Å². The SMILES string of the molecule is COc1cc(OCc2ccccc2)cc(OC)c1C. The van der Waals surface area contributed by atoms with Crippen molar-refractivity contribution in [2.75, 3.05) is 14.2 Å². The molecule has 3 nitrogen and oxygen atoms in total. The molecule has 0 saturated heterocycles. The summed E-state index contributed by atoms with van der Waals surface area (Å²) in [7, 11) is 3.28. The number of hydrogen-bond donors (Lipinski definition) is 0. The van der Waals surface area contributed by atoms with Crippen LogP contribution in [0.25, 0.3) is 0 Å². The predicted octanol–water partition coefficient (Wildman–Crippen LogP) is 3.59. The van der Waals surface area contributed by atoms with E-state index in [1.165, 1.54) is 0 Å². The number of ether oxygens (including phenoxy) is 3. The van der Waals surface area contributed by atoms with Crippen molar-refractivity contribution >= 4 is 0 Å². The molecule has 100 valence electrons. The number of hydrogen-bond acceptors (Lipinski definition) is 3. The Kier molecular flexibility index (Phi) is 4.29. The molecule has 0 aliphatic carbocycles. The van der Waals surface area contributed by atoms with Gasteiger partial charge in [0, 0.05) is 17.7 Å². The van der Waals surface area contributed by atoms with Crippen LogP contribution < -0.4 is 14.2 Å². The molecule has 0 bridgehead atoms. The molecule has 0 radical (unpaired) electrons.